The molecule has 4 aliphatic rings. The summed E-state index contributed by atoms with van der Waals surface area (Å²) in [6.45, 7) is 1.49. The van der Waals surface area contributed by atoms with Gasteiger partial charge in [-0.1, -0.05) is 0 Å². The molecule has 44 heavy (non-hydrogen) atoms. The number of aliphatic imine (C=N–C) groups is 1. The third-order valence-electron chi connectivity index (χ3n) is 9.80. The molecule has 11 nitrogen and oxygen atoms in total. The van der Waals surface area contributed by atoms with Crippen LogP contribution in [0.2, 0.25) is 0 Å². The average molecular weight is 589 g/mol. The van der Waals surface area contributed by atoms with Crippen LogP contribution < -0.4 is 10.5 Å². The number of aryl methyl sites for hydroxylation is 1. The SMILES string of the molecule is COc1cc(C(=O)N2CC3CCC2[C@@H]3N)cc2nc(-c3cc4ccc(C5=CC(C#N)C(=O)N=C5)nc4n3CC3CC3)n(C)c12. The van der Waals surface area contributed by atoms with Crippen LogP contribution in [0, 0.1) is 29.1 Å². The van der Waals surface area contributed by atoms with Crippen molar-refractivity contribution in [2.24, 2.45) is 35.5 Å². The summed E-state index contributed by atoms with van der Waals surface area (Å²) in [5, 5.41) is 10.3. The maximum atomic E-state index is 13.7. The van der Waals surface area contributed by atoms with Crippen molar-refractivity contribution in [1.29, 1.82) is 5.26 Å². The number of hydrogen-bond acceptors (Lipinski definition) is 7. The van der Waals surface area contributed by atoms with Crippen LogP contribution in [-0.2, 0) is 18.4 Å². The highest BCUT2D eigenvalue weighted by molar-refractivity contribution is 6.16. The van der Waals surface area contributed by atoms with E-state index >= 15 is 0 Å². The molecular weight excluding hydrogens is 556 g/mol. The van der Waals surface area contributed by atoms with Gasteiger partial charge in [0.05, 0.1) is 30.1 Å². The van der Waals surface area contributed by atoms with E-state index in [1.807, 2.05) is 46.8 Å². The number of fused-ring (bicyclic) bond motifs is 4. The molecule has 2 saturated carbocycles. The Morgan fingerprint density at radius 1 is 1.16 bits per heavy atom. The molecule has 2 N–H and O–H groups in total. The third-order valence-corrected chi connectivity index (χ3v) is 9.80. The molecule has 2 amide bonds. The van der Waals surface area contributed by atoms with Gasteiger partial charge in [0.1, 0.15) is 22.8 Å². The number of ether oxygens (including phenoxy) is 1. The second-order valence-corrected chi connectivity index (χ2v) is 12.5. The van der Waals surface area contributed by atoms with Gasteiger partial charge in [-0.15, -0.1) is 0 Å². The van der Waals surface area contributed by atoms with Gasteiger partial charge in [0.15, 0.2) is 5.82 Å². The van der Waals surface area contributed by atoms with Crippen molar-refractivity contribution in [3.05, 3.63) is 47.7 Å². The molecule has 2 aliphatic heterocycles. The molecule has 1 aromatic carbocycles. The van der Waals surface area contributed by atoms with Crippen LogP contribution in [-0.4, -0.2) is 67.8 Å². The molecular formula is C33H32N8O3. The molecule has 222 valence electrons. The number of amides is 2. The Morgan fingerprint density at radius 2 is 2.00 bits per heavy atom. The van der Waals surface area contributed by atoms with Crippen LogP contribution in [0.4, 0.5) is 0 Å². The van der Waals surface area contributed by atoms with Crippen LogP contribution >= 0.6 is 0 Å². The van der Waals surface area contributed by atoms with Crippen LogP contribution in [0.1, 0.15) is 41.7 Å². The molecule has 11 heteroatoms. The number of carbonyl (C=O) groups excluding carboxylic acids is 2. The number of rotatable bonds is 6. The van der Waals surface area contributed by atoms with Crippen molar-refractivity contribution in [1.82, 2.24) is 24.0 Å². The van der Waals surface area contributed by atoms with Crippen LogP contribution in [0.5, 0.6) is 5.75 Å². The van der Waals surface area contributed by atoms with Crippen LogP contribution in [0.25, 0.3) is 39.2 Å². The number of nitrogens with zero attached hydrogens (tertiary/aromatic N) is 7. The third kappa shape index (κ3) is 4.08. The smallest absolute Gasteiger partial charge is 0.266 e. The zero-order valence-electron chi connectivity index (χ0n) is 24.6. The number of allylic oxidation sites excluding steroid dienone is 1. The van der Waals surface area contributed by atoms with E-state index in [0.29, 0.717) is 46.5 Å². The van der Waals surface area contributed by atoms with E-state index in [1.54, 1.807) is 13.2 Å². The van der Waals surface area contributed by atoms with E-state index in [0.717, 1.165) is 60.3 Å². The lowest BCUT2D eigenvalue weighted by atomic mass is 10.0. The number of likely N-dealkylation sites (tertiary alicyclic amines) is 1. The molecule has 2 aliphatic carbocycles. The summed E-state index contributed by atoms with van der Waals surface area (Å²) in [4.78, 5) is 41.6. The van der Waals surface area contributed by atoms with Crippen molar-refractivity contribution in [3.63, 3.8) is 0 Å². The Morgan fingerprint density at radius 3 is 2.70 bits per heavy atom. The number of pyridine rings is 1. The van der Waals surface area contributed by atoms with E-state index < -0.39 is 11.8 Å². The predicted octanol–water partition coefficient (Wildman–Crippen LogP) is 3.70. The summed E-state index contributed by atoms with van der Waals surface area (Å²) < 4.78 is 10.1. The molecule has 1 saturated heterocycles. The van der Waals surface area contributed by atoms with E-state index in [4.69, 9.17) is 20.4 Å². The first-order valence-electron chi connectivity index (χ1n) is 15.2. The molecule has 4 atom stereocenters. The number of carbonyl (C=O) groups is 2. The topological polar surface area (TPSA) is 144 Å². The quantitative estimate of drug-likeness (QED) is 0.362. The van der Waals surface area contributed by atoms with E-state index in [9.17, 15) is 14.9 Å². The maximum absolute atomic E-state index is 13.7. The van der Waals surface area contributed by atoms with Crippen molar-refractivity contribution >= 4 is 45.7 Å². The summed E-state index contributed by atoms with van der Waals surface area (Å²) in [5.74, 6) is 0.869. The highest BCUT2D eigenvalue weighted by Gasteiger charge is 2.47. The Balaban J connectivity index is 1.23. The van der Waals surface area contributed by atoms with Gasteiger partial charge in [-0.3, -0.25) is 9.59 Å². The van der Waals surface area contributed by atoms with Crippen molar-refractivity contribution in [2.45, 2.75) is 44.3 Å². The first-order valence-corrected chi connectivity index (χ1v) is 15.2. The summed E-state index contributed by atoms with van der Waals surface area (Å²) in [6, 6.07) is 11.8. The Kier molecular flexibility index (Phi) is 6.00. The highest BCUT2D eigenvalue weighted by Crippen LogP contribution is 2.40. The van der Waals surface area contributed by atoms with Gasteiger partial charge in [-0.2, -0.15) is 5.26 Å². The number of benzene rings is 1. The minimum absolute atomic E-state index is 0.0273. The Labute approximate surface area is 253 Å². The molecule has 4 aromatic rings. The number of methoxy groups -OCH3 is 1. The summed E-state index contributed by atoms with van der Waals surface area (Å²) in [5.41, 5.74) is 11.5. The van der Waals surface area contributed by atoms with Gasteiger partial charge < -0.3 is 24.5 Å². The molecule has 8 rings (SSSR count). The minimum atomic E-state index is -0.912. The lowest BCUT2D eigenvalue weighted by Gasteiger charge is -2.27. The number of nitrogens with two attached hydrogens (primary N) is 1. The van der Waals surface area contributed by atoms with E-state index in [1.165, 1.54) is 6.21 Å². The number of aromatic nitrogens is 4. The zero-order chi connectivity index (χ0) is 30.3. The highest BCUT2D eigenvalue weighted by atomic mass is 16.5. The van der Waals surface area contributed by atoms with Gasteiger partial charge in [-0.05, 0) is 73.9 Å². The number of nitriles is 1. The molecule has 3 fully saturated rings. The summed E-state index contributed by atoms with van der Waals surface area (Å²) in [6.07, 6.45) is 7.46. The zero-order valence-corrected chi connectivity index (χ0v) is 24.6. The molecule has 5 heterocycles. The predicted molar refractivity (Wildman–Crippen MR) is 165 cm³/mol. The summed E-state index contributed by atoms with van der Waals surface area (Å²) in [7, 11) is 3.58. The minimum Gasteiger partial charge on any atom is -0.494 e. The number of imidazole rings is 1. The normalized spacial score (nSPS) is 24.4. The van der Waals surface area contributed by atoms with Crippen LogP contribution in [0.3, 0.4) is 0 Å². The molecule has 2 bridgehead atoms. The fourth-order valence-electron chi connectivity index (χ4n) is 7.23. The lowest BCUT2D eigenvalue weighted by molar-refractivity contribution is -0.118. The lowest BCUT2D eigenvalue weighted by Crippen LogP contribution is -2.41. The molecule has 0 spiro atoms. The first-order chi connectivity index (χ1) is 21.3. The fourth-order valence-corrected chi connectivity index (χ4v) is 7.23. The van der Waals surface area contributed by atoms with Crippen molar-refractivity contribution in [3.8, 4) is 23.3 Å². The van der Waals surface area contributed by atoms with Gasteiger partial charge in [0.25, 0.3) is 11.8 Å². The van der Waals surface area contributed by atoms with Gasteiger partial charge >= 0.3 is 0 Å². The van der Waals surface area contributed by atoms with Crippen molar-refractivity contribution < 1.29 is 14.3 Å². The fraction of sp³-hybridized carbons (Fsp3) is 0.394. The standard InChI is InChI=1S/C33H32N8O3/c1-39-29-24(10-20(12-27(29)44-2)33(43)41-16-19-6-8-25(41)28(19)35)38-31(39)26-11-18-5-7-23(22-9-21(13-34)32(42)36-14-22)37-30(18)40(26)15-17-3-4-17/h5,7,9-12,14,17,19,21,25,28H,3-4,6,8,15-16,35H2,1-2H3/t19?,21?,25?,28-/m1/s1. The largest absolute Gasteiger partial charge is 0.494 e. The maximum Gasteiger partial charge on any atom is 0.266 e. The first kappa shape index (κ1) is 26.8. The van der Waals surface area contributed by atoms with Crippen LogP contribution in [0.15, 0.2) is 41.4 Å². The molecule has 3 aromatic heterocycles. The molecule has 0 radical (unpaired) electrons. The molecule has 3 unspecified atom stereocenters. The number of hydrogen-bond donors (Lipinski definition) is 1. The van der Waals surface area contributed by atoms with Crippen molar-refractivity contribution in [2.75, 3.05) is 13.7 Å². The Bertz CT molecular complexity index is 1990. The van der Waals surface area contributed by atoms with E-state index in [-0.39, 0.29) is 18.0 Å². The van der Waals surface area contributed by atoms with Gasteiger partial charge in [0, 0.05) is 55.0 Å². The number of piperidine rings is 1. The second kappa shape index (κ2) is 9.86. The van der Waals surface area contributed by atoms with Gasteiger partial charge in [0.2, 0.25) is 0 Å². The number of dihydropyridines is 1. The average Bonchev–Trinajstić information content (AvgIpc) is 3.44. The van der Waals surface area contributed by atoms with E-state index in [2.05, 4.69) is 15.6 Å². The monoisotopic (exact) mass is 588 g/mol. The summed E-state index contributed by atoms with van der Waals surface area (Å²) >= 11 is 0. The van der Waals surface area contributed by atoms with Gasteiger partial charge in [-0.25, -0.2) is 15.0 Å². The second-order valence-electron chi connectivity index (χ2n) is 12.5. The Hall–Kier alpha value is -4.82.